The van der Waals surface area contributed by atoms with E-state index >= 15 is 4.39 Å². The van der Waals surface area contributed by atoms with Gasteiger partial charge >= 0.3 is 0 Å². The highest BCUT2D eigenvalue weighted by Crippen LogP contribution is 2.35. The maximum Gasteiger partial charge on any atom is 0.258 e. The molecule has 1 heterocycles. The first kappa shape index (κ1) is 27.8. The lowest BCUT2D eigenvalue weighted by molar-refractivity contribution is 0.102. The molecule has 0 bridgehead atoms. The predicted octanol–water partition coefficient (Wildman–Crippen LogP) is 4.84. The van der Waals surface area contributed by atoms with Crippen molar-refractivity contribution in [2.24, 2.45) is 0 Å². The van der Waals surface area contributed by atoms with Crippen molar-refractivity contribution in [3.05, 3.63) is 82.1 Å². The van der Waals surface area contributed by atoms with Crippen LogP contribution in [0.3, 0.4) is 0 Å². The molecule has 3 rings (SSSR count). The molecule has 0 unspecified atom stereocenters. The van der Waals surface area contributed by atoms with Crippen LogP contribution in [0.15, 0.2) is 48.7 Å². The number of hydrogen-bond donors (Lipinski definition) is 1. The van der Waals surface area contributed by atoms with Crippen LogP contribution in [0, 0.1) is 23.0 Å². The molecule has 0 saturated carbocycles. The predicted molar refractivity (Wildman–Crippen MR) is 132 cm³/mol. The van der Waals surface area contributed by atoms with E-state index in [0.717, 1.165) is 28.7 Å². The number of amides is 1. The zero-order chi connectivity index (χ0) is 27.2. The van der Waals surface area contributed by atoms with Crippen LogP contribution in [-0.4, -0.2) is 38.8 Å². The van der Waals surface area contributed by atoms with Gasteiger partial charge in [-0.25, -0.2) is 22.2 Å². The highest BCUT2D eigenvalue weighted by Gasteiger charge is 2.28. The summed E-state index contributed by atoms with van der Waals surface area (Å²) in [5, 5.41) is 10.8. The van der Waals surface area contributed by atoms with Gasteiger partial charge in [0.15, 0.2) is 17.3 Å². The van der Waals surface area contributed by atoms with E-state index in [0.29, 0.717) is 11.3 Å². The van der Waals surface area contributed by atoms with E-state index in [-0.39, 0.29) is 18.0 Å². The SMILES string of the molecule is COc1ccc(CN(c2ccc(Cl)c(NC(=O)c3ccnc(C#N)c3F)c2F)S(=O)(=O)CCCF)cc1. The number of halogens is 4. The van der Waals surface area contributed by atoms with Gasteiger partial charge in [0.05, 0.1) is 48.0 Å². The zero-order valence-electron chi connectivity index (χ0n) is 19.3. The van der Waals surface area contributed by atoms with Crippen LogP contribution >= 0.6 is 11.6 Å². The maximum atomic E-state index is 15.7. The number of nitriles is 1. The third-order valence-electron chi connectivity index (χ3n) is 5.17. The number of methoxy groups -OCH3 is 1. The average Bonchev–Trinajstić information content (AvgIpc) is 2.89. The molecule has 0 aliphatic heterocycles. The Morgan fingerprint density at radius 1 is 1.16 bits per heavy atom. The normalized spacial score (nSPS) is 11.0. The van der Waals surface area contributed by atoms with Crippen LogP contribution < -0.4 is 14.4 Å². The van der Waals surface area contributed by atoms with E-state index in [1.807, 2.05) is 0 Å². The second-order valence-corrected chi connectivity index (χ2v) is 9.98. The lowest BCUT2D eigenvalue weighted by Crippen LogP contribution is -2.33. The molecule has 13 heteroatoms. The van der Waals surface area contributed by atoms with Gasteiger partial charge in [-0.3, -0.25) is 13.5 Å². The summed E-state index contributed by atoms with van der Waals surface area (Å²) in [5.74, 6) is -3.67. The maximum absolute atomic E-state index is 15.7. The van der Waals surface area contributed by atoms with Crippen molar-refractivity contribution in [3.63, 3.8) is 0 Å². The molecule has 0 atom stereocenters. The molecule has 194 valence electrons. The largest absolute Gasteiger partial charge is 0.497 e. The van der Waals surface area contributed by atoms with Gasteiger partial charge in [0.1, 0.15) is 11.8 Å². The summed E-state index contributed by atoms with van der Waals surface area (Å²) in [6, 6.07) is 11.1. The van der Waals surface area contributed by atoms with E-state index in [1.54, 1.807) is 24.3 Å². The van der Waals surface area contributed by atoms with Crippen molar-refractivity contribution < 1.29 is 31.1 Å². The van der Waals surface area contributed by atoms with Gasteiger partial charge in [-0.1, -0.05) is 23.7 Å². The smallest absolute Gasteiger partial charge is 0.258 e. The van der Waals surface area contributed by atoms with Gasteiger partial charge in [-0.15, -0.1) is 0 Å². The highest BCUT2D eigenvalue weighted by molar-refractivity contribution is 7.92. The second-order valence-electron chi connectivity index (χ2n) is 7.56. The fourth-order valence-electron chi connectivity index (χ4n) is 3.30. The molecular weight excluding hydrogens is 533 g/mol. The summed E-state index contributed by atoms with van der Waals surface area (Å²) in [4.78, 5) is 16.2. The molecule has 1 amide bonds. The van der Waals surface area contributed by atoms with E-state index in [9.17, 15) is 22.0 Å². The average molecular weight is 553 g/mol. The number of carbonyl (C=O) groups excluding carboxylic acids is 1. The molecule has 0 spiro atoms. The van der Waals surface area contributed by atoms with Crippen LogP contribution in [0.2, 0.25) is 5.02 Å². The van der Waals surface area contributed by atoms with Crippen molar-refractivity contribution in [2.45, 2.75) is 13.0 Å². The van der Waals surface area contributed by atoms with Crippen molar-refractivity contribution in [2.75, 3.05) is 29.2 Å². The third-order valence-corrected chi connectivity index (χ3v) is 7.29. The first-order valence-electron chi connectivity index (χ1n) is 10.7. The molecule has 0 fully saturated rings. The summed E-state index contributed by atoms with van der Waals surface area (Å²) in [5.41, 5.74) is -1.86. The molecule has 0 saturated heterocycles. The summed E-state index contributed by atoms with van der Waals surface area (Å²) >= 11 is 6.08. The van der Waals surface area contributed by atoms with Crippen LogP contribution in [0.5, 0.6) is 5.75 Å². The minimum absolute atomic E-state index is 0.296. The Morgan fingerprint density at radius 2 is 1.86 bits per heavy atom. The van der Waals surface area contributed by atoms with Gasteiger partial charge in [0.2, 0.25) is 10.0 Å². The minimum atomic E-state index is -4.24. The number of pyridine rings is 1. The Bertz CT molecular complexity index is 1450. The van der Waals surface area contributed by atoms with Crippen molar-refractivity contribution >= 4 is 38.9 Å². The number of hydrogen-bond acceptors (Lipinski definition) is 6. The summed E-state index contributed by atoms with van der Waals surface area (Å²) in [6.45, 7) is -1.22. The highest BCUT2D eigenvalue weighted by atomic mass is 35.5. The summed E-state index contributed by atoms with van der Waals surface area (Å²) < 4.78 is 74.9. The van der Waals surface area contributed by atoms with Gasteiger partial charge < -0.3 is 10.1 Å². The fourth-order valence-corrected chi connectivity index (χ4v) is 4.98. The Balaban J connectivity index is 2.05. The zero-order valence-corrected chi connectivity index (χ0v) is 20.9. The molecule has 0 aliphatic rings. The first-order chi connectivity index (χ1) is 17.6. The number of nitrogens with one attached hydrogen (secondary N) is 1. The van der Waals surface area contributed by atoms with Crippen molar-refractivity contribution in [3.8, 4) is 11.8 Å². The number of benzene rings is 2. The van der Waals surface area contributed by atoms with Crippen molar-refractivity contribution in [1.29, 1.82) is 5.26 Å². The van der Waals surface area contributed by atoms with Crippen LogP contribution in [0.4, 0.5) is 24.5 Å². The molecule has 0 radical (unpaired) electrons. The number of nitrogens with zero attached hydrogens (tertiary/aromatic N) is 3. The Labute approximate surface area is 216 Å². The van der Waals surface area contributed by atoms with Crippen molar-refractivity contribution in [1.82, 2.24) is 4.98 Å². The lowest BCUT2D eigenvalue weighted by atomic mass is 10.1. The quantitative estimate of drug-likeness (QED) is 0.385. The Hall–Kier alpha value is -3.82. The molecule has 1 N–H and O–H groups in total. The molecule has 0 aliphatic carbocycles. The lowest BCUT2D eigenvalue weighted by Gasteiger charge is -2.26. The standard InChI is InChI=1S/C24H20ClF3N4O4S/c1-36-16-5-3-15(4-6-16)14-32(37(34,35)12-2-10-26)20-8-7-18(25)23(22(20)28)31-24(33)17-9-11-30-19(13-29)21(17)27/h3-9,11H,2,10,12,14H2,1H3,(H,31,33). The van der Waals surface area contributed by atoms with Crippen LogP contribution in [0.25, 0.3) is 0 Å². The monoisotopic (exact) mass is 552 g/mol. The Morgan fingerprint density at radius 3 is 2.49 bits per heavy atom. The third kappa shape index (κ3) is 6.31. The number of ether oxygens (including phenoxy) is 1. The van der Waals surface area contributed by atoms with E-state index in [1.165, 1.54) is 13.2 Å². The number of rotatable bonds is 10. The molecule has 8 nitrogen and oxygen atoms in total. The van der Waals surface area contributed by atoms with E-state index in [4.69, 9.17) is 21.6 Å². The molecule has 1 aromatic heterocycles. The van der Waals surface area contributed by atoms with E-state index < -0.39 is 62.6 Å². The fraction of sp³-hybridized carbons (Fsp3) is 0.208. The minimum Gasteiger partial charge on any atom is -0.497 e. The molecule has 37 heavy (non-hydrogen) atoms. The van der Waals surface area contributed by atoms with Gasteiger partial charge in [0.25, 0.3) is 5.91 Å². The number of anilines is 2. The molecule has 3 aromatic rings. The molecule has 2 aromatic carbocycles. The summed E-state index contributed by atoms with van der Waals surface area (Å²) in [7, 11) is -2.78. The first-order valence-corrected chi connectivity index (χ1v) is 12.6. The number of alkyl halides is 1. The number of carbonyl (C=O) groups is 1. The number of sulfonamides is 1. The van der Waals surface area contributed by atoms with Crippen LogP contribution in [0.1, 0.15) is 28.0 Å². The van der Waals surface area contributed by atoms with Gasteiger partial charge in [-0.05, 0) is 42.3 Å². The second kappa shape index (κ2) is 11.9. The van der Waals surface area contributed by atoms with Gasteiger partial charge in [0, 0.05) is 6.20 Å². The van der Waals surface area contributed by atoms with Gasteiger partial charge in [-0.2, -0.15) is 5.26 Å². The van der Waals surface area contributed by atoms with E-state index in [2.05, 4.69) is 10.3 Å². The molecular formula is C24H20ClF3N4O4S. The summed E-state index contributed by atoms with van der Waals surface area (Å²) in [6.07, 6.45) is 0.710. The van der Waals surface area contributed by atoms with Crippen LogP contribution in [-0.2, 0) is 16.6 Å². The topological polar surface area (TPSA) is 112 Å². The Kier molecular flexibility index (Phi) is 8.96. The number of aromatic nitrogens is 1.